The number of fused-ring (bicyclic) bond motifs is 1. The Morgan fingerprint density at radius 2 is 2.20 bits per heavy atom. The number of hydrogen-bond donors (Lipinski definition) is 2. The lowest BCUT2D eigenvalue weighted by Gasteiger charge is -2.10. The first kappa shape index (κ1) is 13.2. The Morgan fingerprint density at radius 1 is 1.40 bits per heavy atom. The van der Waals surface area contributed by atoms with Crippen molar-refractivity contribution in [1.29, 1.82) is 0 Å². The lowest BCUT2D eigenvalue weighted by molar-refractivity contribution is 0.0918. The van der Waals surface area contributed by atoms with E-state index >= 15 is 0 Å². The monoisotopic (exact) mass is 273 g/mol. The Kier molecular flexibility index (Phi) is 3.49. The number of hydrogen-bond acceptors (Lipinski definition) is 3. The maximum Gasteiger partial charge on any atom is 0.287 e. The molecule has 1 saturated carbocycles. The number of para-hydroxylation sites is 1. The summed E-state index contributed by atoms with van der Waals surface area (Å²) in [6, 6.07) is 7.66. The van der Waals surface area contributed by atoms with Crippen molar-refractivity contribution in [2.75, 3.05) is 6.54 Å². The summed E-state index contributed by atoms with van der Waals surface area (Å²) >= 11 is 0. The number of nitrogens with one attached hydrogen (secondary N) is 1. The highest BCUT2D eigenvalue weighted by Gasteiger charge is 2.24. The summed E-state index contributed by atoms with van der Waals surface area (Å²) < 4.78 is 5.64. The highest BCUT2D eigenvalue weighted by molar-refractivity contribution is 5.98. The van der Waals surface area contributed by atoms with Crippen molar-refractivity contribution in [3.63, 3.8) is 0 Å². The smallest absolute Gasteiger partial charge is 0.287 e. The number of aryl methyl sites for hydroxylation is 1. The Hall–Kier alpha value is -1.81. The third-order valence-electron chi connectivity index (χ3n) is 4.11. The van der Waals surface area contributed by atoms with E-state index in [1.54, 1.807) is 0 Å². The topological polar surface area (TPSA) is 62.5 Å². The molecular weight excluding hydrogens is 254 g/mol. The van der Waals surface area contributed by atoms with Crippen LogP contribution in [0.25, 0.3) is 11.0 Å². The number of carbonyl (C=O) groups is 1. The minimum absolute atomic E-state index is 0.167. The van der Waals surface area contributed by atoms with Gasteiger partial charge in [-0.2, -0.15) is 0 Å². The number of aliphatic hydroxyl groups excluding tert-OH is 1. The van der Waals surface area contributed by atoms with Crippen LogP contribution in [0.3, 0.4) is 0 Å². The van der Waals surface area contributed by atoms with Gasteiger partial charge in [0.1, 0.15) is 5.58 Å². The minimum atomic E-state index is -0.204. The predicted octanol–water partition coefficient (Wildman–Crippen LogP) is 2.63. The second-order valence-electron chi connectivity index (χ2n) is 5.60. The van der Waals surface area contributed by atoms with Gasteiger partial charge in [-0.05, 0) is 38.2 Å². The van der Waals surface area contributed by atoms with Crippen LogP contribution in [0.15, 0.2) is 28.7 Å². The summed E-state index contributed by atoms with van der Waals surface area (Å²) in [5.74, 6) is 0.600. The largest absolute Gasteiger partial charge is 0.451 e. The first-order valence-corrected chi connectivity index (χ1v) is 7.09. The van der Waals surface area contributed by atoms with Crippen LogP contribution in [0.2, 0.25) is 0 Å². The fourth-order valence-electron chi connectivity index (χ4n) is 2.94. The van der Waals surface area contributed by atoms with E-state index in [0.717, 1.165) is 35.8 Å². The summed E-state index contributed by atoms with van der Waals surface area (Å²) in [5, 5.41) is 13.4. The van der Waals surface area contributed by atoms with Crippen LogP contribution in [-0.2, 0) is 0 Å². The van der Waals surface area contributed by atoms with Gasteiger partial charge in [0.05, 0.1) is 6.10 Å². The Balaban J connectivity index is 1.71. The molecule has 2 N–H and O–H groups in total. The van der Waals surface area contributed by atoms with Gasteiger partial charge in [-0.15, -0.1) is 0 Å². The zero-order chi connectivity index (χ0) is 14.1. The number of carbonyl (C=O) groups excluding carboxylic acids is 1. The summed E-state index contributed by atoms with van der Waals surface area (Å²) in [4.78, 5) is 12.2. The first-order valence-electron chi connectivity index (χ1n) is 7.09. The Labute approximate surface area is 117 Å². The van der Waals surface area contributed by atoms with E-state index in [1.807, 2.05) is 31.2 Å². The third-order valence-corrected chi connectivity index (χ3v) is 4.11. The Bertz CT molecular complexity index is 632. The van der Waals surface area contributed by atoms with Crippen molar-refractivity contribution >= 4 is 16.9 Å². The number of benzene rings is 1. The van der Waals surface area contributed by atoms with E-state index in [9.17, 15) is 9.90 Å². The van der Waals surface area contributed by atoms with Gasteiger partial charge in [0.2, 0.25) is 0 Å². The third kappa shape index (κ3) is 2.43. The van der Waals surface area contributed by atoms with Crippen molar-refractivity contribution in [1.82, 2.24) is 5.32 Å². The predicted molar refractivity (Wildman–Crippen MR) is 76.6 cm³/mol. The number of rotatable bonds is 3. The van der Waals surface area contributed by atoms with Crippen LogP contribution in [0.5, 0.6) is 0 Å². The van der Waals surface area contributed by atoms with E-state index in [0.29, 0.717) is 18.2 Å². The average Bonchev–Trinajstić information content (AvgIpc) is 3.01. The normalized spacial score (nSPS) is 22.3. The van der Waals surface area contributed by atoms with E-state index in [2.05, 4.69) is 5.32 Å². The number of aliphatic hydroxyl groups is 1. The SMILES string of the molecule is Cc1c(C(=O)NCC2CCC(O)C2)oc2ccccc12. The van der Waals surface area contributed by atoms with Gasteiger partial charge in [-0.1, -0.05) is 18.2 Å². The maximum atomic E-state index is 12.2. The van der Waals surface area contributed by atoms with Crippen LogP contribution >= 0.6 is 0 Å². The van der Waals surface area contributed by atoms with Gasteiger partial charge < -0.3 is 14.8 Å². The van der Waals surface area contributed by atoms with Crippen LogP contribution in [0, 0.1) is 12.8 Å². The molecule has 1 aromatic heterocycles. The summed E-state index contributed by atoms with van der Waals surface area (Å²) in [5.41, 5.74) is 1.62. The van der Waals surface area contributed by atoms with Gasteiger partial charge in [0.25, 0.3) is 5.91 Å². The van der Waals surface area contributed by atoms with E-state index < -0.39 is 0 Å². The van der Waals surface area contributed by atoms with Crippen LogP contribution in [-0.4, -0.2) is 23.7 Å². The van der Waals surface area contributed by atoms with E-state index in [1.165, 1.54) is 0 Å². The molecule has 1 aromatic carbocycles. The number of amides is 1. The molecule has 1 aliphatic carbocycles. The van der Waals surface area contributed by atoms with Crippen LogP contribution < -0.4 is 5.32 Å². The fraction of sp³-hybridized carbons (Fsp3) is 0.438. The second kappa shape index (κ2) is 5.29. The van der Waals surface area contributed by atoms with Crippen LogP contribution in [0.4, 0.5) is 0 Å². The molecule has 4 heteroatoms. The molecule has 1 heterocycles. The lowest BCUT2D eigenvalue weighted by Crippen LogP contribution is -2.28. The molecule has 1 amide bonds. The quantitative estimate of drug-likeness (QED) is 0.903. The fourth-order valence-corrected chi connectivity index (χ4v) is 2.94. The van der Waals surface area contributed by atoms with Gasteiger partial charge in [-0.3, -0.25) is 4.79 Å². The highest BCUT2D eigenvalue weighted by Crippen LogP contribution is 2.26. The van der Waals surface area contributed by atoms with Gasteiger partial charge in [0.15, 0.2) is 5.76 Å². The highest BCUT2D eigenvalue weighted by atomic mass is 16.3. The molecule has 3 rings (SSSR count). The molecule has 1 aliphatic rings. The van der Waals surface area contributed by atoms with Gasteiger partial charge in [0, 0.05) is 17.5 Å². The molecule has 2 aromatic rings. The molecule has 0 bridgehead atoms. The first-order chi connectivity index (χ1) is 9.65. The second-order valence-corrected chi connectivity index (χ2v) is 5.60. The Morgan fingerprint density at radius 3 is 2.90 bits per heavy atom. The molecule has 106 valence electrons. The number of furan rings is 1. The molecule has 4 nitrogen and oxygen atoms in total. The maximum absolute atomic E-state index is 12.2. The van der Waals surface area contributed by atoms with E-state index in [-0.39, 0.29) is 12.0 Å². The van der Waals surface area contributed by atoms with Crippen molar-refractivity contribution in [2.24, 2.45) is 5.92 Å². The molecule has 2 atom stereocenters. The molecule has 0 aliphatic heterocycles. The molecule has 1 fully saturated rings. The zero-order valence-electron chi connectivity index (χ0n) is 11.6. The molecule has 20 heavy (non-hydrogen) atoms. The molecule has 0 radical (unpaired) electrons. The van der Waals surface area contributed by atoms with Crippen molar-refractivity contribution in [2.45, 2.75) is 32.3 Å². The molecule has 0 spiro atoms. The van der Waals surface area contributed by atoms with Crippen molar-refractivity contribution < 1.29 is 14.3 Å². The summed E-state index contributed by atoms with van der Waals surface area (Å²) in [6.45, 7) is 2.51. The minimum Gasteiger partial charge on any atom is -0.451 e. The van der Waals surface area contributed by atoms with E-state index in [4.69, 9.17) is 4.42 Å². The standard InChI is InChI=1S/C16H19NO3/c1-10-13-4-2-3-5-14(13)20-15(10)16(19)17-9-11-6-7-12(18)8-11/h2-5,11-12,18H,6-9H2,1H3,(H,17,19). The lowest BCUT2D eigenvalue weighted by atomic mass is 10.1. The molecule has 0 saturated heterocycles. The van der Waals surface area contributed by atoms with Crippen molar-refractivity contribution in [3.05, 3.63) is 35.6 Å². The van der Waals surface area contributed by atoms with Gasteiger partial charge in [-0.25, -0.2) is 0 Å². The average molecular weight is 273 g/mol. The summed E-state index contributed by atoms with van der Waals surface area (Å²) in [7, 11) is 0. The summed E-state index contributed by atoms with van der Waals surface area (Å²) in [6.07, 6.45) is 2.38. The zero-order valence-corrected chi connectivity index (χ0v) is 11.6. The van der Waals surface area contributed by atoms with Gasteiger partial charge >= 0.3 is 0 Å². The van der Waals surface area contributed by atoms with Crippen LogP contribution in [0.1, 0.15) is 35.4 Å². The van der Waals surface area contributed by atoms with Crippen molar-refractivity contribution in [3.8, 4) is 0 Å². The molecule has 2 unspecified atom stereocenters. The molecular formula is C16H19NO3.